The second-order valence-electron chi connectivity index (χ2n) is 9.13. The molecule has 0 bridgehead atoms. The molecule has 33 heavy (non-hydrogen) atoms. The smallest absolute Gasteiger partial charge is 0.335 e. The monoisotopic (exact) mass is 443 g/mol. The van der Waals surface area contributed by atoms with Crippen molar-refractivity contribution in [2.45, 2.75) is 57.1 Å². The third-order valence-corrected chi connectivity index (χ3v) is 6.86. The number of carbonyl (C=O) groups is 1. The molecule has 3 N–H and O–H groups in total. The summed E-state index contributed by atoms with van der Waals surface area (Å²) in [6, 6.07) is 24.0. The Hall–Kier alpha value is -2.95. The van der Waals surface area contributed by atoms with Gasteiger partial charge in [0.2, 0.25) is 0 Å². The molecule has 172 valence electrons. The van der Waals surface area contributed by atoms with Gasteiger partial charge >= 0.3 is 5.97 Å². The van der Waals surface area contributed by atoms with E-state index < -0.39 is 12.1 Å². The maximum Gasteiger partial charge on any atom is 0.335 e. The molecule has 4 heteroatoms. The number of rotatable bonds is 9. The Morgan fingerprint density at radius 3 is 2.30 bits per heavy atom. The molecule has 0 aliphatic heterocycles. The fourth-order valence-electron chi connectivity index (χ4n) is 4.87. The molecule has 0 heterocycles. The number of aromatic carboxylic acids is 1. The quantitative estimate of drug-likeness (QED) is 0.381. The van der Waals surface area contributed by atoms with Crippen molar-refractivity contribution in [2.24, 2.45) is 0 Å². The van der Waals surface area contributed by atoms with Crippen molar-refractivity contribution in [2.75, 3.05) is 6.54 Å². The van der Waals surface area contributed by atoms with Crippen molar-refractivity contribution in [3.05, 3.63) is 95.1 Å². The highest BCUT2D eigenvalue weighted by atomic mass is 16.4. The largest absolute Gasteiger partial charge is 0.478 e. The number of nitrogens with one attached hydrogen (secondary N) is 1. The molecule has 0 radical (unpaired) electrons. The number of carboxylic acid groups (broad SMARTS) is 1. The number of hydrogen-bond acceptors (Lipinski definition) is 3. The summed E-state index contributed by atoms with van der Waals surface area (Å²) >= 11 is 0. The predicted molar refractivity (Wildman–Crippen MR) is 133 cm³/mol. The zero-order valence-corrected chi connectivity index (χ0v) is 19.2. The topological polar surface area (TPSA) is 69.6 Å². The number of hydrogen-bond donors (Lipinski definition) is 3. The molecule has 0 spiro atoms. The summed E-state index contributed by atoms with van der Waals surface area (Å²) < 4.78 is 0. The van der Waals surface area contributed by atoms with E-state index in [9.17, 15) is 15.0 Å². The van der Waals surface area contributed by atoms with Gasteiger partial charge in [0.1, 0.15) is 0 Å². The van der Waals surface area contributed by atoms with Crippen LogP contribution in [0.2, 0.25) is 0 Å². The molecule has 4 nitrogen and oxygen atoms in total. The maximum absolute atomic E-state index is 11.7. The predicted octanol–water partition coefficient (Wildman–Crippen LogP) is 5.96. The summed E-state index contributed by atoms with van der Waals surface area (Å²) in [6.45, 7) is 2.78. The third-order valence-electron chi connectivity index (χ3n) is 6.86. The van der Waals surface area contributed by atoms with Crippen LogP contribution >= 0.6 is 0 Å². The molecule has 2 atom stereocenters. The van der Waals surface area contributed by atoms with Gasteiger partial charge in [0.25, 0.3) is 0 Å². The van der Waals surface area contributed by atoms with E-state index in [-0.39, 0.29) is 6.04 Å². The summed E-state index contributed by atoms with van der Waals surface area (Å²) in [7, 11) is 0. The van der Waals surface area contributed by atoms with Gasteiger partial charge in [-0.2, -0.15) is 0 Å². The van der Waals surface area contributed by atoms with Crippen LogP contribution in [0.3, 0.4) is 0 Å². The van der Waals surface area contributed by atoms with Crippen LogP contribution in [0.15, 0.2) is 72.8 Å². The highest BCUT2D eigenvalue weighted by Gasteiger charge is 2.23. The molecular formula is C29H33NO3. The summed E-state index contributed by atoms with van der Waals surface area (Å²) in [6.07, 6.45) is 4.85. The molecule has 0 aromatic heterocycles. The van der Waals surface area contributed by atoms with Gasteiger partial charge in [0, 0.05) is 6.04 Å². The SMILES string of the molecule is C[C@H](NCCc1ccc(-c2ccc(C(=O)O)c(C3CCCC3)c2)cc1)[C@H](O)c1ccccc1. The van der Waals surface area contributed by atoms with Crippen LogP contribution in [0.5, 0.6) is 0 Å². The minimum absolute atomic E-state index is 0.0339. The molecule has 3 aromatic rings. The lowest BCUT2D eigenvalue weighted by atomic mass is 9.89. The average Bonchev–Trinajstić information content (AvgIpc) is 3.39. The Morgan fingerprint density at radius 1 is 0.970 bits per heavy atom. The van der Waals surface area contributed by atoms with Crippen molar-refractivity contribution in [3.63, 3.8) is 0 Å². The number of aliphatic hydroxyl groups excluding tert-OH is 1. The minimum Gasteiger partial charge on any atom is -0.478 e. The molecule has 3 aromatic carbocycles. The zero-order valence-electron chi connectivity index (χ0n) is 19.2. The summed E-state index contributed by atoms with van der Waals surface area (Å²) in [4.78, 5) is 11.7. The van der Waals surface area contributed by atoms with Crippen LogP contribution < -0.4 is 5.32 Å². The van der Waals surface area contributed by atoms with Crippen molar-refractivity contribution in [3.8, 4) is 11.1 Å². The van der Waals surface area contributed by atoms with Crippen molar-refractivity contribution >= 4 is 5.97 Å². The van der Waals surface area contributed by atoms with Gasteiger partial charge in [-0.05, 0) is 72.5 Å². The molecule has 1 aliphatic carbocycles. The van der Waals surface area contributed by atoms with Gasteiger partial charge < -0.3 is 15.5 Å². The van der Waals surface area contributed by atoms with E-state index in [1.165, 1.54) is 18.4 Å². The van der Waals surface area contributed by atoms with Gasteiger partial charge in [-0.1, -0.05) is 79.6 Å². The lowest BCUT2D eigenvalue weighted by Crippen LogP contribution is -2.33. The van der Waals surface area contributed by atoms with E-state index in [1.807, 2.05) is 43.3 Å². The van der Waals surface area contributed by atoms with Crippen molar-refractivity contribution in [1.29, 1.82) is 0 Å². The van der Waals surface area contributed by atoms with Crippen LogP contribution in [0, 0.1) is 0 Å². The van der Waals surface area contributed by atoms with E-state index in [4.69, 9.17) is 0 Å². The van der Waals surface area contributed by atoms with Gasteiger partial charge in [0.15, 0.2) is 0 Å². The molecule has 0 saturated heterocycles. The Morgan fingerprint density at radius 2 is 1.64 bits per heavy atom. The maximum atomic E-state index is 11.7. The number of benzene rings is 3. The fraction of sp³-hybridized carbons (Fsp3) is 0.345. The number of carboxylic acids is 1. The summed E-state index contributed by atoms with van der Waals surface area (Å²) in [5.74, 6) is -0.479. The Kier molecular flexibility index (Phi) is 7.58. The normalized spacial score (nSPS) is 15.9. The second-order valence-corrected chi connectivity index (χ2v) is 9.13. The van der Waals surface area contributed by atoms with E-state index in [0.717, 1.165) is 48.1 Å². The lowest BCUT2D eigenvalue weighted by molar-refractivity contribution is 0.0695. The highest BCUT2D eigenvalue weighted by Crippen LogP contribution is 2.37. The zero-order chi connectivity index (χ0) is 23.2. The second kappa shape index (κ2) is 10.8. The highest BCUT2D eigenvalue weighted by molar-refractivity contribution is 5.90. The van der Waals surface area contributed by atoms with Crippen LogP contribution in [-0.4, -0.2) is 28.8 Å². The molecule has 1 saturated carbocycles. The van der Waals surface area contributed by atoms with Crippen LogP contribution in [0.1, 0.15) is 71.7 Å². The molecule has 1 aliphatic rings. The molecule has 0 amide bonds. The van der Waals surface area contributed by atoms with Gasteiger partial charge in [-0.15, -0.1) is 0 Å². The van der Waals surface area contributed by atoms with E-state index >= 15 is 0 Å². The minimum atomic E-state index is -0.835. The molecular weight excluding hydrogens is 410 g/mol. The van der Waals surface area contributed by atoms with Gasteiger partial charge in [-0.3, -0.25) is 0 Å². The molecule has 0 unspecified atom stereocenters. The van der Waals surface area contributed by atoms with E-state index in [0.29, 0.717) is 11.5 Å². The van der Waals surface area contributed by atoms with E-state index in [2.05, 4.69) is 35.6 Å². The van der Waals surface area contributed by atoms with Gasteiger partial charge in [0.05, 0.1) is 11.7 Å². The first-order valence-corrected chi connectivity index (χ1v) is 12.0. The van der Waals surface area contributed by atoms with Crippen LogP contribution in [0.4, 0.5) is 0 Å². The summed E-state index contributed by atoms with van der Waals surface area (Å²) in [5, 5.41) is 23.6. The van der Waals surface area contributed by atoms with E-state index in [1.54, 1.807) is 6.07 Å². The third kappa shape index (κ3) is 5.70. The average molecular weight is 444 g/mol. The lowest BCUT2D eigenvalue weighted by Gasteiger charge is -2.20. The fourth-order valence-corrected chi connectivity index (χ4v) is 4.87. The first kappa shape index (κ1) is 23.2. The molecule has 1 fully saturated rings. The molecule has 4 rings (SSSR count). The van der Waals surface area contributed by atoms with Gasteiger partial charge in [-0.25, -0.2) is 4.79 Å². The Labute approximate surface area is 196 Å². The standard InChI is InChI=1S/C29H33NO3/c1-20(28(31)24-9-3-2-4-10-24)30-18-17-21-11-13-22(14-12-21)25-15-16-26(29(32)33)27(19-25)23-7-5-6-8-23/h2-4,9-16,19-20,23,28,30-31H,5-8,17-18H2,1H3,(H,32,33)/t20-,28-/m0/s1. The first-order chi connectivity index (χ1) is 16.0. The summed E-state index contributed by atoms with van der Waals surface area (Å²) in [5.41, 5.74) is 5.76. The Bertz CT molecular complexity index is 1060. The van der Waals surface area contributed by atoms with Crippen LogP contribution in [0.25, 0.3) is 11.1 Å². The first-order valence-electron chi connectivity index (χ1n) is 12.0. The van der Waals surface area contributed by atoms with Crippen LogP contribution in [-0.2, 0) is 6.42 Å². The Balaban J connectivity index is 1.38. The van der Waals surface area contributed by atoms with Crippen molar-refractivity contribution in [1.82, 2.24) is 5.32 Å². The number of aliphatic hydroxyl groups is 1. The van der Waals surface area contributed by atoms with Crippen molar-refractivity contribution < 1.29 is 15.0 Å².